The Hall–Kier alpha value is -3.79. The fraction of sp³-hybridized carbons (Fsp3) is 0.185. The predicted octanol–water partition coefficient (Wildman–Crippen LogP) is 5.07. The van der Waals surface area contributed by atoms with Gasteiger partial charge in [0.25, 0.3) is 11.8 Å². The van der Waals surface area contributed by atoms with Crippen LogP contribution >= 0.6 is 23.2 Å². The Morgan fingerprint density at radius 2 is 1.82 bits per heavy atom. The van der Waals surface area contributed by atoms with E-state index in [1.54, 1.807) is 12.1 Å². The summed E-state index contributed by atoms with van der Waals surface area (Å²) in [5.41, 5.74) is 1.06. The highest BCUT2D eigenvalue weighted by molar-refractivity contribution is 6.38. The molecule has 2 aromatic carbocycles. The number of benzene rings is 2. The summed E-state index contributed by atoms with van der Waals surface area (Å²) in [5, 5.41) is 10.5. The minimum absolute atomic E-state index is 0.00550. The van der Waals surface area contributed by atoms with Crippen LogP contribution in [0.3, 0.4) is 0 Å². The maximum absolute atomic E-state index is 14.4. The first-order valence-electron chi connectivity index (χ1n) is 11.9. The molecule has 0 spiro atoms. The topological polar surface area (TPSA) is 92.2 Å². The summed E-state index contributed by atoms with van der Waals surface area (Å²) in [5.74, 6) is -1.26. The van der Waals surface area contributed by atoms with E-state index in [9.17, 15) is 14.0 Å². The number of carbonyl (C=O) groups excluding carboxylic acids is 2. The molecule has 0 bridgehead atoms. The van der Waals surface area contributed by atoms with Gasteiger partial charge < -0.3 is 15.5 Å². The molecule has 11 heteroatoms. The van der Waals surface area contributed by atoms with Crippen molar-refractivity contribution in [1.82, 2.24) is 25.0 Å². The third kappa shape index (κ3) is 5.40. The van der Waals surface area contributed by atoms with Crippen molar-refractivity contribution in [3.05, 3.63) is 94.0 Å². The third-order valence-electron chi connectivity index (χ3n) is 6.23. The second-order valence-corrected chi connectivity index (χ2v) is 9.80. The molecule has 38 heavy (non-hydrogen) atoms. The zero-order chi connectivity index (χ0) is 26.8. The average Bonchev–Trinajstić information content (AvgIpc) is 3.51. The molecule has 194 valence electrons. The van der Waals surface area contributed by atoms with E-state index in [0.29, 0.717) is 5.69 Å². The van der Waals surface area contributed by atoms with Crippen LogP contribution < -0.4 is 10.6 Å². The van der Waals surface area contributed by atoms with Crippen LogP contribution in [-0.4, -0.2) is 57.7 Å². The first kappa shape index (κ1) is 25.8. The molecule has 8 nitrogen and oxygen atoms in total. The lowest BCUT2D eigenvalue weighted by Gasteiger charge is -2.12. The largest absolute Gasteiger partial charge is 0.347 e. The van der Waals surface area contributed by atoms with Gasteiger partial charge >= 0.3 is 0 Å². The van der Waals surface area contributed by atoms with Crippen LogP contribution in [0.2, 0.25) is 10.0 Å². The van der Waals surface area contributed by atoms with Gasteiger partial charge in [0, 0.05) is 30.4 Å². The third-order valence-corrected chi connectivity index (χ3v) is 6.85. The first-order chi connectivity index (χ1) is 18.3. The highest BCUT2D eigenvalue weighted by Gasteiger charge is 2.25. The Bertz CT molecular complexity index is 1510. The number of para-hydroxylation sites is 1. The van der Waals surface area contributed by atoms with Gasteiger partial charge in [0.2, 0.25) is 0 Å². The van der Waals surface area contributed by atoms with E-state index in [0.717, 1.165) is 19.5 Å². The molecule has 1 fully saturated rings. The molecule has 1 unspecified atom stereocenters. The normalized spacial score (nSPS) is 15.4. The number of hydrogen-bond donors (Lipinski definition) is 2. The standard InChI is InChI=1S/C27H23Cl2FN6O2/c1-35-11-9-16(15-35)32-27(38)23-14-24(36(34-23)17-6-3-2-4-7-17)33-26(37)19-12-18(20(28)13-21(19)29)25-22(30)8-5-10-31-25/h2-8,10,12-14,16H,9,11,15H2,1H3,(H,32,38)(H,33,37). The Labute approximate surface area is 228 Å². The zero-order valence-electron chi connectivity index (χ0n) is 20.3. The van der Waals surface area contributed by atoms with E-state index in [1.165, 1.54) is 41.2 Å². The van der Waals surface area contributed by atoms with Crippen molar-refractivity contribution >= 4 is 40.8 Å². The Kier molecular flexibility index (Phi) is 7.42. The van der Waals surface area contributed by atoms with Crippen molar-refractivity contribution in [2.24, 2.45) is 0 Å². The van der Waals surface area contributed by atoms with E-state index in [1.807, 2.05) is 25.2 Å². The first-order valence-corrected chi connectivity index (χ1v) is 12.6. The number of halogens is 3. The lowest BCUT2D eigenvalue weighted by Crippen LogP contribution is -2.36. The van der Waals surface area contributed by atoms with Gasteiger partial charge in [0.05, 0.1) is 21.3 Å². The van der Waals surface area contributed by atoms with Crippen molar-refractivity contribution in [3.63, 3.8) is 0 Å². The molecule has 4 aromatic rings. The molecule has 1 aliphatic heterocycles. The summed E-state index contributed by atoms with van der Waals surface area (Å²) >= 11 is 12.7. The number of carbonyl (C=O) groups is 2. The molecular weight excluding hydrogens is 530 g/mol. The van der Waals surface area contributed by atoms with Crippen molar-refractivity contribution in [2.45, 2.75) is 12.5 Å². The molecule has 0 saturated carbocycles. The number of pyridine rings is 1. The quantitative estimate of drug-likeness (QED) is 0.348. The number of aromatic nitrogens is 3. The van der Waals surface area contributed by atoms with Crippen LogP contribution in [0.15, 0.2) is 66.9 Å². The Morgan fingerprint density at radius 1 is 1.03 bits per heavy atom. The van der Waals surface area contributed by atoms with E-state index in [4.69, 9.17) is 23.2 Å². The monoisotopic (exact) mass is 552 g/mol. The van der Waals surface area contributed by atoms with Gasteiger partial charge in [0.1, 0.15) is 17.3 Å². The minimum atomic E-state index is -0.592. The minimum Gasteiger partial charge on any atom is -0.347 e. The molecule has 1 atom stereocenters. The number of likely N-dealkylation sites (N-methyl/N-ethyl adjacent to an activating group) is 1. The van der Waals surface area contributed by atoms with Crippen LogP contribution in [-0.2, 0) is 0 Å². The molecule has 3 heterocycles. The zero-order valence-corrected chi connectivity index (χ0v) is 21.8. The maximum atomic E-state index is 14.4. The van der Waals surface area contributed by atoms with Crippen LogP contribution in [0.25, 0.3) is 16.9 Å². The summed E-state index contributed by atoms with van der Waals surface area (Å²) < 4.78 is 15.9. The highest BCUT2D eigenvalue weighted by atomic mass is 35.5. The molecule has 1 aliphatic rings. The molecule has 1 saturated heterocycles. The molecule has 2 aromatic heterocycles. The van der Waals surface area contributed by atoms with Gasteiger partial charge in [-0.2, -0.15) is 5.10 Å². The van der Waals surface area contributed by atoms with E-state index in [-0.39, 0.29) is 50.3 Å². The van der Waals surface area contributed by atoms with Crippen molar-refractivity contribution in [1.29, 1.82) is 0 Å². The van der Waals surface area contributed by atoms with Gasteiger partial charge in [-0.25, -0.2) is 9.07 Å². The number of amides is 2. The summed E-state index contributed by atoms with van der Waals surface area (Å²) in [4.78, 5) is 32.6. The SMILES string of the molecule is CN1CCC(NC(=O)c2cc(NC(=O)c3cc(-c4ncccc4F)c(Cl)cc3Cl)n(-c3ccccc3)n2)C1. The number of nitrogens with zero attached hydrogens (tertiary/aromatic N) is 4. The van der Waals surface area contributed by atoms with Crippen LogP contribution in [0.1, 0.15) is 27.3 Å². The van der Waals surface area contributed by atoms with Crippen molar-refractivity contribution in [2.75, 3.05) is 25.5 Å². The molecular formula is C27H23Cl2FN6O2. The second-order valence-electron chi connectivity index (χ2n) is 8.98. The summed E-state index contributed by atoms with van der Waals surface area (Å²) in [7, 11) is 2.00. The van der Waals surface area contributed by atoms with Gasteiger partial charge in [0.15, 0.2) is 5.69 Å². The predicted molar refractivity (Wildman–Crippen MR) is 145 cm³/mol. The van der Waals surface area contributed by atoms with Crippen molar-refractivity contribution < 1.29 is 14.0 Å². The van der Waals surface area contributed by atoms with E-state index in [2.05, 4.69) is 25.6 Å². The van der Waals surface area contributed by atoms with Crippen molar-refractivity contribution in [3.8, 4) is 16.9 Å². The van der Waals surface area contributed by atoms with Crippen LogP contribution in [0.4, 0.5) is 10.2 Å². The number of hydrogen-bond acceptors (Lipinski definition) is 5. The molecule has 5 rings (SSSR count). The average molecular weight is 553 g/mol. The Balaban J connectivity index is 1.47. The van der Waals surface area contributed by atoms with E-state index >= 15 is 0 Å². The summed E-state index contributed by atoms with van der Waals surface area (Å²) in [6, 6.07) is 16.1. The lowest BCUT2D eigenvalue weighted by atomic mass is 10.1. The van der Waals surface area contributed by atoms with E-state index < -0.39 is 11.7 Å². The van der Waals surface area contributed by atoms with Crippen LogP contribution in [0.5, 0.6) is 0 Å². The van der Waals surface area contributed by atoms with Gasteiger partial charge in [-0.3, -0.25) is 14.6 Å². The summed E-state index contributed by atoms with van der Waals surface area (Å²) in [6.07, 6.45) is 2.27. The smallest absolute Gasteiger partial charge is 0.272 e. The molecule has 0 aliphatic carbocycles. The van der Waals surface area contributed by atoms with Gasteiger partial charge in [-0.15, -0.1) is 0 Å². The number of rotatable bonds is 6. The van der Waals surface area contributed by atoms with Gasteiger partial charge in [-0.1, -0.05) is 41.4 Å². The highest BCUT2D eigenvalue weighted by Crippen LogP contribution is 2.33. The molecule has 0 radical (unpaired) electrons. The lowest BCUT2D eigenvalue weighted by molar-refractivity contribution is 0.0932. The molecule has 2 amide bonds. The second kappa shape index (κ2) is 10.9. The fourth-order valence-corrected chi connectivity index (χ4v) is 4.89. The Morgan fingerprint density at radius 3 is 2.53 bits per heavy atom. The van der Waals surface area contributed by atoms with Crippen LogP contribution in [0, 0.1) is 5.82 Å². The summed E-state index contributed by atoms with van der Waals surface area (Å²) in [6.45, 7) is 1.65. The van der Waals surface area contributed by atoms with Gasteiger partial charge in [-0.05, 0) is 56.4 Å². The number of nitrogens with one attached hydrogen (secondary N) is 2. The fourth-order valence-electron chi connectivity index (χ4n) is 4.33. The molecule has 2 N–H and O–H groups in total. The maximum Gasteiger partial charge on any atom is 0.272 e. The number of anilines is 1. The number of likely N-dealkylation sites (tertiary alicyclic amines) is 1.